The van der Waals surface area contributed by atoms with Crippen molar-refractivity contribution in [1.29, 1.82) is 0 Å². The van der Waals surface area contributed by atoms with Crippen LogP contribution in [0.4, 0.5) is 0 Å². The molecule has 0 saturated carbocycles. The Balaban J connectivity index is 1.77. The molecule has 1 aliphatic heterocycles. The van der Waals surface area contributed by atoms with E-state index in [1.165, 1.54) is 6.92 Å². The minimum atomic E-state index is -0.835. The molecule has 2 rings (SSSR count). The fourth-order valence-electron chi connectivity index (χ4n) is 3.11. The number of carboxylic acids is 1. The van der Waals surface area contributed by atoms with Crippen LogP contribution in [0.1, 0.15) is 43.5 Å². The molecule has 25 heavy (non-hydrogen) atoms. The topological polar surface area (TPSA) is 83.9 Å². The van der Waals surface area contributed by atoms with Crippen molar-refractivity contribution in [3.8, 4) is 5.75 Å². The first kappa shape index (κ1) is 19.0. The Morgan fingerprint density at radius 1 is 1.28 bits per heavy atom. The zero-order chi connectivity index (χ0) is 18.4. The predicted octanol–water partition coefficient (Wildman–Crippen LogP) is 2.62. The van der Waals surface area contributed by atoms with E-state index in [4.69, 9.17) is 4.74 Å². The first-order chi connectivity index (χ1) is 11.9. The molecule has 0 bridgehead atoms. The zero-order valence-corrected chi connectivity index (χ0v) is 14.7. The molecule has 0 aromatic heterocycles. The van der Waals surface area contributed by atoms with Gasteiger partial charge in [-0.2, -0.15) is 0 Å². The van der Waals surface area contributed by atoms with Gasteiger partial charge in [0.05, 0.1) is 12.5 Å². The van der Waals surface area contributed by atoms with Gasteiger partial charge in [0.1, 0.15) is 5.75 Å². The average Bonchev–Trinajstić information content (AvgIpc) is 2.58. The summed E-state index contributed by atoms with van der Waals surface area (Å²) in [6.45, 7) is 4.76. The van der Waals surface area contributed by atoms with Crippen LogP contribution in [0.5, 0.6) is 5.75 Å². The van der Waals surface area contributed by atoms with Gasteiger partial charge in [0.15, 0.2) is 5.78 Å². The number of benzene rings is 1. The van der Waals surface area contributed by atoms with Crippen molar-refractivity contribution >= 4 is 17.7 Å². The molecule has 1 amide bonds. The second-order valence-corrected chi connectivity index (χ2v) is 6.71. The van der Waals surface area contributed by atoms with E-state index in [0.717, 1.165) is 0 Å². The lowest BCUT2D eigenvalue weighted by Gasteiger charge is -2.34. The zero-order valence-electron chi connectivity index (χ0n) is 14.7. The number of piperidine rings is 1. The molecular weight excluding hydrogens is 322 g/mol. The van der Waals surface area contributed by atoms with Crippen LogP contribution in [-0.4, -0.2) is 47.4 Å². The number of rotatable bonds is 7. The van der Waals surface area contributed by atoms with Gasteiger partial charge in [0, 0.05) is 25.1 Å². The van der Waals surface area contributed by atoms with Crippen LogP contribution in [0.25, 0.3) is 0 Å². The third-order valence-corrected chi connectivity index (χ3v) is 4.41. The van der Waals surface area contributed by atoms with Crippen molar-refractivity contribution in [2.75, 3.05) is 19.7 Å². The molecule has 1 heterocycles. The number of Topliss-reactive ketones (excluding diaryl/α,β-unsaturated/α-hetero) is 1. The second-order valence-electron chi connectivity index (χ2n) is 6.71. The van der Waals surface area contributed by atoms with Gasteiger partial charge in [0.25, 0.3) is 0 Å². The summed E-state index contributed by atoms with van der Waals surface area (Å²) in [5, 5.41) is 9.18. The molecule has 1 N–H and O–H groups in total. The fraction of sp³-hybridized carbons (Fsp3) is 0.526. The minimum absolute atomic E-state index is 0.0205. The Morgan fingerprint density at radius 2 is 2.04 bits per heavy atom. The minimum Gasteiger partial charge on any atom is -0.494 e. The van der Waals surface area contributed by atoms with Crippen molar-refractivity contribution in [3.05, 3.63) is 29.8 Å². The van der Waals surface area contributed by atoms with Gasteiger partial charge in [-0.15, -0.1) is 0 Å². The van der Waals surface area contributed by atoms with E-state index in [0.29, 0.717) is 50.3 Å². The summed E-state index contributed by atoms with van der Waals surface area (Å²) in [7, 11) is 0. The van der Waals surface area contributed by atoms with E-state index >= 15 is 0 Å². The number of aliphatic carboxylic acids is 1. The predicted molar refractivity (Wildman–Crippen MR) is 92.7 cm³/mol. The third-order valence-electron chi connectivity index (χ3n) is 4.41. The molecule has 1 fully saturated rings. The summed E-state index contributed by atoms with van der Waals surface area (Å²) in [6.07, 6.45) is 1.49. The highest BCUT2D eigenvalue weighted by Gasteiger charge is 2.31. The molecular formula is C19H25NO5. The van der Waals surface area contributed by atoms with Crippen LogP contribution in [0.15, 0.2) is 24.3 Å². The quantitative estimate of drug-likeness (QED) is 0.605. The fourth-order valence-corrected chi connectivity index (χ4v) is 3.11. The number of hydrogen-bond acceptors (Lipinski definition) is 4. The molecule has 136 valence electrons. The van der Waals surface area contributed by atoms with Gasteiger partial charge in [-0.25, -0.2) is 0 Å². The van der Waals surface area contributed by atoms with Gasteiger partial charge >= 0.3 is 5.97 Å². The number of amides is 1. The van der Waals surface area contributed by atoms with E-state index in [1.54, 1.807) is 29.2 Å². The highest BCUT2D eigenvalue weighted by Crippen LogP contribution is 2.22. The number of carbonyl (C=O) groups is 3. The van der Waals surface area contributed by atoms with E-state index in [2.05, 4.69) is 0 Å². The lowest BCUT2D eigenvalue weighted by molar-refractivity contribution is -0.147. The molecule has 2 unspecified atom stereocenters. The molecule has 1 aliphatic rings. The van der Waals surface area contributed by atoms with Crippen LogP contribution >= 0.6 is 0 Å². The first-order valence-electron chi connectivity index (χ1n) is 8.61. The third kappa shape index (κ3) is 5.59. The smallest absolute Gasteiger partial charge is 0.308 e. The number of carbonyl (C=O) groups excluding carboxylic acids is 2. The van der Waals surface area contributed by atoms with E-state index in [1.807, 2.05) is 6.92 Å². The monoisotopic (exact) mass is 347 g/mol. The van der Waals surface area contributed by atoms with Gasteiger partial charge in [0.2, 0.25) is 5.91 Å². The number of likely N-dealkylation sites (tertiary alicyclic amines) is 1. The molecule has 1 aromatic rings. The number of ether oxygens (including phenoxy) is 1. The number of nitrogens with zero attached hydrogens (tertiary/aromatic N) is 1. The molecule has 0 spiro atoms. The Labute approximate surface area is 147 Å². The van der Waals surface area contributed by atoms with Crippen molar-refractivity contribution in [1.82, 2.24) is 4.90 Å². The van der Waals surface area contributed by atoms with Crippen molar-refractivity contribution in [2.24, 2.45) is 11.8 Å². The molecule has 6 nitrogen and oxygen atoms in total. The highest BCUT2D eigenvalue weighted by atomic mass is 16.5. The number of hydrogen-bond donors (Lipinski definition) is 1. The van der Waals surface area contributed by atoms with E-state index in [9.17, 15) is 19.5 Å². The standard InChI is InChI=1S/C19H25NO5/c1-13-9-16(19(23)24)12-20(11-13)18(22)7-4-8-25-17-6-3-5-15(10-17)14(2)21/h3,5-6,10,13,16H,4,7-9,11-12H2,1-2H3,(H,23,24). The van der Waals surface area contributed by atoms with Gasteiger partial charge < -0.3 is 14.7 Å². The maximum absolute atomic E-state index is 12.3. The van der Waals surface area contributed by atoms with Gasteiger partial charge in [-0.05, 0) is 37.8 Å². The molecule has 1 aromatic carbocycles. The second kappa shape index (κ2) is 8.65. The summed E-state index contributed by atoms with van der Waals surface area (Å²) in [4.78, 5) is 36.5. The van der Waals surface area contributed by atoms with E-state index < -0.39 is 11.9 Å². The summed E-state index contributed by atoms with van der Waals surface area (Å²) >= 11 is 0. The number of carboxylic acid groups (broad SMARTS) is 1. The molecule has 0 radical (unpaired) electrons. The van der Waals surface area contributed by atoms with Crippen molar-refractivity contribution in [3.63, 3.8) is 0 Å². The van der Waals surface area contributed by atoms with Crippen LogP contribution in [0.3, 0.4) is 0 Å². The maximum Gasteiger partial charge on any atom is 0.308 e. The Kier molecular flexibility index (Phi) is 6.56. The van der Waals surface area contributed by atoms with Crippen LogP contribution < -0.4 is 4.74 Å². The summed E-state index contributed by atoms with van der Waals surface area (Å²) in [5.74, 6) is -0.551. The van der Waals surface area contributed by atoms with E-state index in [-0.39, 0.29) is 17.6 Å². The summed E-state index contributed by atoms with van der Waals surface area (Å²) < 4.78 is 5.60. The maximum atomic E-state index is 12.3. The van der Waals surface area contributed by atoms with Crippen LogP contribution in [-0.2, 0) is 9.59 Å². The lowest BCUT2D eigenvalue weighted by atomic mass is 9.90. The Morgan fingerprint density at radius 3 is 2.72 bits per heavy atom. The van der Waals surface area contributed by atoms with Crippen molar-refractivity contribution < 1.29 is 24.2 Å². The summed E-state index contributed by atoms with van der Waals surface area (Å²) in [6, 6.07) is 6.96. The molecule has 6 heteroatoms. The molecule has 0 aliphatic carbocycles. The SMILES string of the molecule is CC(=O)c1cccc(OCCCC(=O)N2CC(C)CC(C(=O)O)C2)c1. The van der Waals surface area contributed by atoms with Gasteiger partial charge in [-0.1, -0.05) is 19.1 Å². The Bertz CT molecular complexity index is 642. The molecule has 1 saturated heterocycles. The largest absolute Gasteiger partial charge is 0.494 e. The summed E-state index contributed by atoms with van der Waals surface area (Å²) in [5.41, 5.74) is 0.593. The number of ketones is 1. The first-order valence-corrected chi connectivity index (χ1v) is 8.61. The lowest BCUT2D eigenvalue weighted by Crippen LogP contribution is -2.45. The normalized spacial score (nSPS) is 20.2. The van der Waals surface area contributed by atoms with Crippen molar-refractivity contribution in [2.45, 2.75) is 33.1 Å². The highest BCUT2D eigenvalue weighted by molar-refractivity contribution is 5.94. The van der Waals surface area contributed by atoms with Gasteiger partial charge in [-0.3, -0.25) is 14.4 Å². The average molecular weight is 347 g/mol. The molecule has 2 atom stereocenters. The Hall–Kier alpha value is -2.37. The van der Waals surface area contributed by atoms with Crippen LogP contribution in [0, 0.1) is 11.8 Å². The van der Waals surface area contributed by atoms with Crippen LogP contribution in [0.2, 0.25) is 0 Å².